The lowest BCUT2D eigenvalue weighted by Gasteiger charge is -2.36. The van der Waals surface area contributed by atoms with Gasteiger partial charge >= 0.3 is 6.03 Å². The number of aryl methyl sites for hydroxylation is 3. The molecule has 2 aromatic rings. The van der Waals surface area contributed by atoms with Crippen LogP contribution in [0, 0.1) is 20.8 Å². The molecule has 1 N–H and O–H groups in total. The van der Waals surface area contributed by atoms with Gasteiger partial charge in [-0.05, 0) is 38.0 Å². The monoisotopic (exact) mass is 366 g/mol. The van der Waals surface area contributed by atoms with Crippen LogP contribution >= 0.6 is 0 Å². The summed E-state index contributed by atoms with van der Waals surface area (Å²) in [5.74, 6) is 0.243. The van der Waals surface area contributed by atoms with Crippen molar-refractivity contribution in [3.8, 4) is 0 Å². The van der Waals surface area contributed by atoms with Crippen molar-refractivity contribution in [1.82, 2.24) is 24.9 Å². The number of amides is 3. The largest absolute Gasteiger partial charge is 0.325 e. The van der Waals surface area contributed by atoms with Crippen LogP contribution < -0.4 is 5.32 Å². The molecule has 2 aliphatic rings. The van der Waals surface area contributed by atoms with E-state index in [0.717, 1.165) is 22.5 Å². The van der Waals surface area contributed by atoms with Gasteiger partial charge in [-0.15, -0.1) is 0 Å². The van der Waals surface area contributed by atoms with Gasteiger partial charge in [0.15, 0.2) is 12.2 Å². The van der Waals surface area contributed by atoms with Gasteiger partial charge in [0, 0.05) is 19.3 Å². The Labute approximate surface area is 157 Å². The van der Waals surface area contributed by atoms with Crippen LogP contribution in [0.3, 0.4) is 0 Å². The number of hydrogen-bond acceptors (Lipinski definition) is 5. The van der Waals surface area contributed by atoms with E-state index in [4.69, 9.17) is 4.99 Å². The van der Waals surface area contributed by atoms with Gasteiger partial charge in [0.2, 0.25) is 5.96 Å². The van der Waals surface area contributed by atoms with Crippen LogP contribution in [-0.2, 0) is 11.3 Å². The topological polar surface area (TPSA) is 82.8 Å². The van der Waals surface area contributed by atoms with E-state index in [1.807, 2.05) is 56.0 Å². The van der Waals surface area contributed by atoms with Crippen molar-refractivity contribution in [2.75, 3.05) is 7.05 Å². The molecule has 2 unspecified atom stereocenters. The summed E-state index contributed by atoms with van der Waals surface area (Å²) in [6, 6.07) is 8.98. The molecular weight excluding hydrogens is 344 g/mol. The summed E-state index contributed by atoms with van der Waals surface area (Å²) >= 11 is 0. The molecule has 1 aromatic heterocycles. The van der Waals surface area contributed by atoms with Gasteiger partial charge in [0.1, 0.15) is 0 Å². The summed E-state index contributed by atoms with van der Waals surface area (Å²) in [6.07, 6.45) is -0.575. The average molecular weight is 366 g/mol. The number of likely N-dealkylation sites (N-methyl/N-ethyl adjacent to an activating group) is 1. The summed E-state index contributed by atoms with van der Waals surface area (Å²) in [6.45, 7) is 6.41. The first-order chi connectivity index (χ1) is 12.9. The number of aromatic nitrogens is 2. The van der Waals surface area contributed by atoms with Crippen LogP contribution in [0.5, 0.6) is 0 Å². The van der Waals surface area contributed by atoms with Gasteiger partial charge in [-0.25, -0.2) is 14.5 Å². The molecule has 0 spiro atoms. The van der Waals surface area contributed by atoms with Crippen LogP contribution in [0.25, 0.3) is 0 Å². The lowest BCUT2D eigenvalue weighted by Crippen LogP contribution is -2.63. The molecule has 2 aliphatic heterocycles. The summed E-state index contributed by atoms with van der Waals surface area (Å²) in [5, 5.41) is 6.97. The molecule has 8 nitrogen and oxygen atoms in total. The Morgan fingerprint density at radius 1 is 1.15 bits per heavy atom. The zero-order chi connectivity index (χ0) is 19.3. The second kappa shape index (κ2) is 6.22. The van der Waals surface area contributed by atoms with Crippen LogP contribution in [0.4, 0.5) is 4.79 Å². The number of aliphatic imine (C=N–C) groups is 1. The maximum absolute atomic E-state index is 12.7. The number of rotatable bonds is 2. The summed E-state index contributed by atoms with van der Waals surface area (Å²) in [4.78, 5) is 32.9. The number of urea groups is 1. The second-order valence-corrected chi connectivity index (χ2v) is 7.09. The fourth-order valence-corrected chi connectivity index (χ4v) is 3.66. The third-order valence-electron chi connectivity index (χ3n) is 5.14. The summed E-state index contributed by atoms with van der Waals surface area (Å²) in [5.41, 5.74) is 4.03. The first-order valence-electron chi connectivity index (χ1n) is 8.87. The molecule has 3 amide bonds. The maximum Gasteiger partial charge on any atom is 0.325 e. The summed E-state index contributed by atoms with van der Waals surface area (Å²) in [7, 11) is 1.65. The minimum absolute atomic E-state index is 0.336. The molecular formula is C19H22N6O2. The Morgan fingerprint density at radius 2 is 1.89 bits per heavy atom. The van der Waals surface area contributed by atoms with E-state index in [1.54, 1.807) is 11.7 Å². The van der Waals surface area contributed by atoms with Gasteiger partial charge in [0.25, 0.3) is 5.91 Å². The first kappa shape index (κ1) is 17.3. The molecule has 2 atom stereocenters. The number of carbonyl (C=O) groups excluding carboxylic acids is 2. The zero-order valence-corrected chi connectivity index (χ0v) is 15.8. The molecule has 0 saturated carbocycles. The van der Waals surface area contributed by atoms with Crippen molar-refractivity contribution >= 4 is 17.9 Å². The lowest BCUT2D eigenvalue weighted by atomic mass is 10.1. The maximum atomic E-state index is 12.7. The number of nitrogens with one attached hydrogen (secondary N) is 1. The molecule has 8 heteroatoms. The van der Waals surface area contributed by atoms with Gasteiger partial charge in [-0.1, -0.05) is 24.3 Å². The van der Waals surface area contributed by atoms with E-state index in [9.17, 15) is 9.59 Å². The molecule has 140 valence electrons. The van der Waals surface area contributed by atoms with Crippen molar-refractivity contribution in [3.05, 3.63) is 52.8 Å². The third kappa shape index (κ3) is 2.77. The highest BCUT2D eigenvalue weighted by molar-refractivity contribution is 6.04. The van der Waals surface area contributed by atoms with Crippen molar-refractivity contribution in [2.45, 2.75) is 39.5 Å². The smallest absolute Gasteiger partial charge is 0.321 e. The molecule has 27 heavy (non-hydrogen) atoms. The van der Waals surface area contributed by atoms with E-state index < -0.39 is 18.2 Å². The number of imide groups is 1. The Kier molecular flexibility index (Phi) is 3.98. The number of benzene rings is 1. The van der Waals surface area contributed by atoms with Gasteiger partial charge in [0.05, 0.1) is 5.69 Å². The van der Waals surface area contributed by atoms with Gasteiger partial charge in [-0.3, -0.25) is 10.1 Å². The lowest BCUT2D eigenvalue weighted by molar-refractivity contribution is -0.127. The number of fused-ring (bicyclic) bond motifs is 1. The highest BCUT2D eigenvalue weighted by Gasteiger charge is 2.49. The molecule has 0 radical (unpaired) electrons. The van der Waals surface area contributed by atoms with E-state index >= 15 is 0 Å². The SMILES string of the molecule is Cc1cc(C)n(C2=NC3C(C(=O)NC(=O)N3C)N2Cc2ccccc2C)n1. The number of carbonyl (C=O) groups is 2. The average Bonchev–Trinajstić information content (AvgIpc) is 3.15. The third-order valence-corrected chi connectivity index (χ3v) is 5.14. The molecule has 4 rings (SSSR count). The number of hydrogen-bond donors (Lipinski definition) is 1. The Balaban J connectivity index is 1.80. The van der Waals surface area contributed by atoms with Crippen LogP contribution in [0.15, 0.2) is 35.3 Å². The van der Waals surface area contributed by atoms with E-state index in [0.29, 0.717) is 12.5 Å². The van der Waals surface area contributed by atoms with Crippen molar-refractivity contribution in [3.63, 3.8) is 0 Å². The van der Waals surface area contributed by atoms with Crippen LogP contribution in [0.1, 0.15) is 22.5 Å². The van der Waals surface area contributed by atoms with Crippen LogP contribution in [0.2, 0.25) is 0 Å². The summed E-state index contributed by atoms with van der Waals surface area (Å²) < 4.78 is 1.75. The van der Waals surface area contributed by atoms with E-state index in [2.05, 4.69) is 10.4 Å². The highest BCUT2D eigenvalue weighted by Crippen LogP contribution is 2.27. The van der Waals surface area contributed by atoms with E-state index in [-0.39, 0.29) is 5.91 Å². The normalized spacial score (nSPS) is 22.0. The van der Waals surface area contributed by atoms with Gasteiger partial charge < -0.3 is 9.80 Å². The molecule has 0 bridgehead atoms. The minimum atomic E-state index is -0.591. The van der Waals surface area contributed by atoms with Gasteiger partial charge in [-0.2, -0.15) is 5.10 Å². The highest BCUT2D eigenvalue weighted by atomic mass is 16.2. The molecule has 1 aromatic carbocycles. The molecule has 1 fully saturated rings. The van der Waals surface area contributed by atoms with Crippen molar-refractivity contribution in [1.29, 1.82) is 0 Å². The minimum Gasteiger partial charge on any atom is -0.321 e. The second-order valence-electron chi connectivity index (χ2n) is 7.09. The Hall–Kier alpha value is -3.16. The zero-order valence-electron chi connectivity index (χ0n) is 15.8. The Morgan fingerprint density at radius 3 is 2.56 bits per heavy atom. The van der Waals surface area contributed by atoms with Crippen molar-refractivity contribution in [2.24, 2.45) is 4.99 Å². The predicted octanol–water partition coefficient (Wildman–Crippen LogP) is 1.40. The fraction of sp³-hybridized carbons (Fsp3) is 0.368. The molecule has 1 saturated heterocycles. The predicted molar refractivity (Wildman–Crippen MR) is 100 cm³/mol. The Bertz CT molecular complexity index is 963. The quantitative estimate of drug-likeness (QED) is 0.871. The fourth-order valence-electron chi connectivity index (χ4n) is 3.66. The first-order valence-corrected chi connectivity index (χ1v) is 8.87. The standard InChI is InChI=1S/C19H22N6O2/c1-11-7-5-6-8-14(11)10-24-15-16(23(4)19(27)21-17(15)26)20-18(24)25-13(3)9-12(2)22-25/h5-9,15-16H,10H2,1-4H3,(H,21,26,27). The molecule has 3 heterocycles. The number of nitrogens with zero attached hydrogens (tertiary/aromatic N) is 5. The van der Waals surface area contributed by atoms with Crippen LogP contribution in [-0.4, -0.2) is 56.7 Å². The van der Waals surface area contributed by atoms with Crippen molar-refractivity contribution < 1.29 is 9.59 Å². The molecule has 0 aliphatic carbocycles. The van der Waals surface area contributed by atoms with E-state index in [1.165, 1.54) is 4.90 Å².